The molecule has 18 heavy (non-hydrogen) atoms. The average Bonchev–Trinajstić information content (AvgIpc) is 2.41. The molecule has 98 valence electrons. The molecule has 1 heterocycles. The van der Waals surface area contributed by atoms with Crippen LogP contribution in [0.3, 0.4) is 0 Å². The van der Waals surface area contributed by atoms with Gasteiger partial charge in [-0.2, -0.15) is 0 Å². The molecule has 0 atom stereocenters. The van der Waals surface area contributed by atoms with Gasteiger partial charge in [0.15, 0.2) is 0 Å². The molecule has 0 aliphatic carbocycles. The molecule has 1 aromatic rings. The van der Waals surface area contributed by atoms with E-state index in [-0.39, 0.29) is 0 Å². The Hall–Kier alpha value is -1.35. The molecular weight excluding hydrogens is 224 g/mol. The quantitative estimate of drug-likeness (QED) is 0.759. The van der Waals surface area contributed by atoms with Gasteiger partial charge in [0.2, 0.25) is 6.41 Å². The summed E-state index contributed by atoms with van der Waals surface area (Å²) < 4.78 is 0. The second-order valence-corrected chi connectivity index (χ2v) is 5.26. The van der Waals surface area contributed by atoms with Crippen LogP contribution in [0.1, 0.15) is 24.0 Å². The largest absolute Gasteiger partial charge is 0.345 e. The Morgan fingerprint density at radius 1 is 1.28 bits per heavy atom. The van der Waals surface area contributed by atoms with Crippen molar-refractivity contribution < 1.29 is 4.79 Å². The molecule has 0 bridgehead atoms. The number of aryl methyl sites for hydroxylation is 1. The summed E-state index contributed by atoms with van der Waals surface area (Å²) in [6, 6.07) is 9.18. The maximum Gasteiger partial charge on any atom is 0.209 e. The van der Waals surface area contributed by atoms with Gasteiger partial charge >= 0.3 is 0 Å². The fourth-order valence-electron chi connectivity index (χ4n) is 2.52. The van der Waals surface area contributed by atoms with Gasteiger partial charge in [0.25, 0.3) is 0 Å². The van der Waals surface area contributed by atoms with E-state index < -0.39 is 0 Å². The second-order valence-electron chi connectivity index (χ2n) is 5.26. The summed E-state index contributed by atoms with van der Waals surface area (Å²) in [6.07, 6.45) is 3.11. The summed E-state index contributed by atoms with van der Waals surface area (Å²) in [6.45, 7) is 5.30. The van der Waals surface area contributed by atoms with Gasteiger partial charge in [-0.3, -0.25) is 9.69 Å². The number of amides is 1. The Kier molecular flexibility index (Phi) is 4.37. The first-order valence-electron chi connectivity index (χ1n) is 6.64. The van der Waals surface area contributed by atoms with Crippen molar-refractivity contribution in [2.45, 2.75) is 32.4 Å². The van der Waals surface area contributed by atoms with Gasteiger partial charge in [0.1, 0.15) is 0 Å². The number of hydrogen-bond donors (Lipinski definition) is 0. The zero-order valence-corrected chi connectivity index (χ0v) is 11.3. The minimum Gasteiger partial charge on any atom is -0.345 e. The van der Waals surface area contributed by atoms with Gasteiger partial charge in [0.05, 0.1) is 0 Å². The Labute approximate surface area is 109 Å². The Balaban J connectivity index is 1.83. The number of carbonyl (C=O) groups is 1. The number of hydrogen-bond acceptors (Lipinski definition) is 2. The van der Waals surface area contributed by atoms with E-state index in [4.69, 9.17) is 0 Å². The Morgan fingerprint density at radius 2 is 1.89 bits per heavy atom. The predicted molar refractivity (Wildman–Crippen MR) is 73.3 cm³/mol. The van der Waals surface area contributed by atoms with Crippen molar-refractivity contribution in [3.63, 3.8) is 0 Å². The lowest BCUT2D eigenvalue weighted by Crippen LogP contribution is -2.42. The standard InChI is InChI=1S/C15H22N2O/c1-13-3-5-14(6-4-13)11-17-9-7-15(8-10-17)16(2)12-18/h3-6,12,15H,7-11H2,1-2H3. The van der Waals surface area contributed by atoms with Crippen LogP contribution in [0, 0.1) is 6.92 Å². The molecule has 3 heteroatoms. The van der Waals surface area contributed by atoms with Crippen LogP contribution in [0.15, 0.2) is 24.3 Å². The molecule has 0 saturated carbocycles. The number of rotatable bonds is 4. The van der Waals surface area contributed by atoms with Gasteiger partial charge < -0.3 is 4.90 Å². The fraction of sp³-hybridized carbons (Fsp3) is 0.533. The van der Waals surface area contributed by atoms with Crippen LogP contribution in [0.2, 0.25) is 0 Å². The fourth-order valence-corrected chi connectivity index (χ4v) is 2.52. The maximum absolute atomic E-state index is 10.7. The average molecular weight is 246 g/mol. The second kappa shape index (κ2) is 6.01. The highest BCUT2D eigenvalue weighted by Crippen LogP contribution is 2.16. The van der Waals surface area contributed by atoms with Crippen LogP contribution in [-0.4, -0.2) is 42.4 Å². The third-order valence-electron chi connectivity index (χ3n) is 3.83. The third-order valence-corrected chi connectivity index (χ3v) is 3.83. The topological polar surface area (TPSA) is 23.6 Å². The summed E-state index contributed by atoms with van der Waals surface area (Å²) in [5, 5.41) is 0. The van der Waals surface area contributed by atoms with Gasteiger partial charge in [-0.05, 0) is 25.3 Å². The number of carbonyl (C=O) groups excluding carboxylic acids is 1. The first-order chi connectivity index (χ1) is 8.69. The summed E-state index contributed by atoms with van der Waals surface area (Å²) >= 11 is 0. The lowest BCUT2D eigenvalue weighted by Gasteiger charge is -2.35. The monoisotopic (exact) mass is 246 g/mol. The molecule has 0 unspecified atom stereocenters. The summed E-state index contributed by atoms with van der Waals surface area (Å²) in [7, 11) is 1.88. The number of piperidine rings is 1. The van der Waals surface area contributed by atoms with E-state index in [1.54, 1.807) is 0 Å². The van der Waals surface area contributed by atoms with Gasteiger partial charge in [0, 0.05) is 32.7 Å². The van der Waals surface area contributed by atoms with Gasteiger partial charge in [-0.15, -0.1) is 0 Å². The van der Waals surface area contributed by atoms with Crippen molar-refractivity contribution in [2.75, 3.05) is 20.1 Å². The lowest BCUT2D eigenvalue weighted by molar-refractivity contribution is -0.119. The highest BCUT2D eigenvalue weighted by Gasteiger charge is 2.21. The van der Waals surface area contributed by atoms with Crippen LogP contribution >= 0.6 is 0 Å². The SMILES string of the molecule is Cc1ccc(CN2CCC(N(C)C=O)CC2)cc1. The zero-order valence-electron chi connectivity index (χ0n) is 11.3. The first-order valence-corrected chi connectivity index (χ1v) is 6.64. The van der Waals surface area contributed by atoms with E-state index in [2.05, 4.69) is 36.1 Å². The van der Waals surface area contributed by atoms with E-state index in [9.17, 15) is 4.79 Å². The molecule has 1 aliphatic heterocycles. The van der Waals surface area contributed by atoms with E-state index in [0.717, 1.165) is 38.9 Å². The molecule has 1 saturated heterocycles. The number of likely N-dealkylation sites (tertiary alicyclic amines) is 1. The summed E-state index contributed by atoms with van der Waals surface area (Å²) in [4.78, 5) is 15.0. The van der Waals surface area contributed by atoms with E-state index in [1.165, 1.54) is 11.1 Å². The Bertz CT molecular complexity index is 380. The van der Waals surface area contributed by atoms with Crippen LogP contribution in [0.4, 0.5) is 0 Å². The van der Waals surface area contributed by atoms with Crippen LogP contribution < -0.4 is 0 Å². The number of nitrogens with zero attached hydrogens (tertiary/aromatic N) is 2. The molecule has 0 spiro atoms. The van der Waals surface area contributed by atoms with E-state index in [0.29, 0.717) is 6.04 Å². The predicted octanol–water partition coefficient (Wildman–Crippen LogP) is 2.05. The lowest BCUT2D eigenvalue weighted by atomic mass is 10.0. The van der Waals surface area contributed by atoms with Crippen molar-refractivity contribution in [2.24, 2.45) is 0 Å². The smallest absolute Gasteiger partial charge is 0.209 e. The molecule has 0 N–H and O–H groups in total. The van der Waals surface area contributed by atoms with Crippen LogP contribution in [-0.2, 0) is 11.3 Å². The first kappa shape index (κ1) is 13.1. The minimum atomic E-state index is 0.428. The highest BCUT2D eigenvalue weighted by molar-refractivity contribution is 5.47. The summed E-state index contributed by atoms with van der Waals surface area (Å²) in [5.41, 5.74) is 2.69. The Morgan fingerprint density at radius 3 is 2.44 bits per heavy atom. The molecule has 1 fully saturated rings. The third kappa shape index (κ3) is 3.33. The van der Waals surface area contributed by atoms with Crippen LogP contribution in [0.5, 0.6) is 0 Å². The van der Waals surface area contributed by atoms with Gasteiger partial charge in [-0.25, -0.2) is 0 Å². The number of benzene rings is 1. The van der Waals surface area contributed by atoms with Crippen molar-refractivity contribution in [3.8, 4) is 0 Å². The van der Waals surface area contributed by atoms with Crippen molar-refractivity contribution >= 4 is 6.41 Å². The molecule has 1 aromatic carbocycles. The molecule has 0 aromatic heterocycles. The van der Waals surface area contributed by atoms with Crippen molar-refractivity contribution in [3.05, 3.63) is 35.4 Å². The summed E-state index contributed by atoms with van der Waals surface area (Å²) in [5.74, 6) is 0. The van der Waals surface area contributed by atoms with E-state index >= 15 is 0 Å². The molecule has 1 amide bonds. The molecular formula is C15H22N2O. The van der Waals surface area contributed by atoms with Gasteiger partial charge in [-0.1, -0.05) is 29.8 Å². The normalized spacial score (nSPS) is 17.7. The highest BCUT2D eigenvalue weighted by atomic mass is 16.1. The zero-order chi connectivity index (χ0) is 13.0. The molecule has 3 nitrogen and oxygen atoms in total. The molecule has 1 aliphatic rings. The van der Waals surface area contributed by atoms with Crippen molar-refractivity contribution in [1.29, 1.82) is 0 Å². The maximum atomic E-state index is 10.7. The van der Waals surface area contributed by atoms with Crippen molar-refractivity contribution in [1.82, 2.24) is 9.80 Å². The van der Waals surface area contributed by atoms with E-state index in [1.807, 2.05) is 11.9 Å². The molecule has 0 radical (unpaired) electrons. The van der Waals surface area contributed by atoms with Crippen LogP contribution in [0.25, 0.3) is 0 Å². The molecule has 2 rings (SSSR count). The minimum absolute atomic E-state index is 0.428.